The van der Waals surface area contributed by atoms with E-state index in [0.29, 0.717) is 17.9 Å². The van der Waals surface area contributed by atoms with Gasteiger partial charge < -0.3 is 10.8 Å². The SMILES string of the molecule is N[C@@H]1C[C@@H]2CC(C(=O)O)C[C@@H]21. The fraction of sp³-hybridized carbons (Fsp3) is 0.875. The molecule has 2 aliphatic carbocycles. The quantitative estimate of drug-likeness (QED) is 0.577. The molecule has 0 aromatic carbocycles. The summed E-state index contributed by atoms with van der Waals surface area (Å²) in [6.07, 6.45) is 2.74. The molecule has 0 aromatic heterocycles. The number of nitrogens with two attached hydrogens (primary N) is 1. The number of carboxylic acids is 1. The van der Waals surface area contributed by atoms with Crippen LogP contribution in [-0.4, -0.2) is 17.1 Å². The molecule has 0 amide bonds. The van der Waals surface area contributed by atoms with Crippen LogP contribution < -0.4 is 5.73 Å². The van der Waals surface area contributed by atoms with Crippen LogP contribution in [0.1, 0.15) is 19.3 Å². The molecule has 3 N–H and O–H groups in total. The summed E-state index contributed by atoms with van der Waals surface area (Å²) in [5.41, 5.74) is 5.73. The smallest absolute Gasteiger partial charge is 0.306 e. The molecule has 0 aliphatic heterocycles. The average Bonchev–Trinajstić information content (AvgIpc) is 2.26. The van der Waals surface area contributed by atoms with Gasteiger partial charge in [-0.25, -0.2) is 0 Å². The maximum absolute atomic E-state index is 10.6. The highest BCUT2D eigenvalue weighted by molar-refractivity contribution is 5.70. The first-order valence-electron chi connectivity index (χ1n) is 4.17. The number of carboxylic acid groups (broad SMARTS) is 1. The second-order valence-corrected chi connectivity index (χ2v) is 3.83. The molecule has 0 radical (unpaired) electrons. The first-order chi connectivity index (χ1) is 5.18. The fourth-order valence-electron chi connectivity index (χ4n) is 2.48. The molecule has 4 atom stereocenters. The van der Waals surface area contributed by atoms with Crippen molar-refractivity contribution in [3.05, 3.63) is 0 Å². The van der Waals surface area contributed by atoms with Gasteiger partial charge in [-0.05, 0) is 31.1 Å². The van der Waals surface area contributed by atoms with Crippen molar-refractivity contribution >= 4 is 5.97 Å². The Morgan fingerprint density at radius 3 is 2.55 bits per heavy atom. The largest absolute Gasteiger partial charge is 0.481 e. The lowest BCUT2D eigenvalue weighted by Gasteiger charge is -2.37. The van der Waals surface area contributed by atoms with Crippen molar-refractivity contribution in [3.8, 4) is 0 Å². The van der Waals surface area contributed by atoms with Gasteiger partial charge >= 0.3 is 5.97 Å². The zero-order valence-electron chi connectivity index (χ0n) is 6.36. The molecule has 2 saturated carbocycles. The summed E-state index contributed by atoms with van der Waals surface area (Å²) in [6, 6.07) is 0.296. The molecular formula is C8H13NO2. The van der Waals surface area contributed by atoms with E-state index in [-0.39, 0.29) is 5.92 Å². The molecule has 0 heterocycles. The van der Waals surface area contributed by atoms with Gasteiger partial charge in [-0.1, -0.05) is 0 Å². The third-order valence-electron chi connectivity index (χ3n) is 3.22. The Balaban J connectivity index is 1.98. The summed E-state index contributed by atoms with van der Waals surface area (Å²) in [4.78, 5) is 10.6. The van der Waals surface area contributed by atoms with Crippen molar-refractivity contribution < 1.29 is 9.90 Å². The number of rotatable bonds is 1. The number of hydrogen-bond donors (Lipinski definition) is 2. The molecule has 2 fully saturated rings. The van der Waals surface area contributed by atoms with Crippen LogP contribution in [-0.2, 0) is 4.79 Å². The molecule has 3 nitrogen and oxygen atoms in total. The van der Waals surface area contributed by atoms with Gasteiger partial charge in [0.1, 0.15) is 0 Å². The standard InChI is InChI=1S/C8H13NO2/c9-7-3-4-1-5(8(10)11)2-6(4)7/h4-7H,1-3,9H2,(H,10,11)/t4-,5?,6-,7+/m0/s1. The van der Waals surface area contributed by atoms with Gasteiger partial charge in [-0.3, -0.25) is 4.79 Å². The van der Waals surface area contributed by atoms with Crippen LogP contribution in [0.15, 0.2) is 0 Å². The second kappa shape index (κ2) is 2.21. The summed E-state index contributed by atoms with van der Waals surface area (Å²) < 4.78 is 0. The predicted molar refractivity (Wildman–Crippen MR) is 39.9 cm³/mol. The van der Waals surface area contributed by atoms with Crippen molar-refractivity contribution in [1.82, 2.24) is 0 Å². The summed E-state index contributed by atoms with van der Waals surface area (Å²) >= 11 is 0. The van der Waals surface area contributed by atoms with Crippen LogP contribution in [0, 0.1) is 17.8 Å². The van der Waals surface area contributed by atoms with Gasteiger partial charge in [0.15, 0.2) is 0 Å². The van der Waals surface area contributed by atoms with E-state index >= 15 is 0 Å². The van der Waals surface area contributed by atoms with E-state index < -0.39 is 5.97 Å². The van der Waals surface area contributed by atoms with E-state index in [0.717, 1.165) is 19.3 Å². The Hall–Kier alpha value is -0.570. The summed E-state index contributed by atoms with van der Waals surface area (Å²) in [5, 5.41) is 8.72. The first-order valence-corrected chi connectivity index (χ1v) is 4.17. The van der Waals surface area contributed by atoms with Crippen LogP contribution in [0.5, 0.6) is 0 Å². The van der Waals surface area contributed by atoms with E-state index in [4.69, 9.17) is 10.8 Å². The van der Waals surface area contributed by atoms with Gasteiger partial charge in [0.2, 0.25) is 0 Å². The molecule has 2 aliphatic rings. The van der Waals surface area contributed by atoms with Crippen LogP contribution in [0.25, 0.3) is 0 Å². The normalized spacial score (nSPS) is 48.1. The van der Waals surface area contributed by atoms with Gasteiger partial charge in [-0.15, -0.1) is 0 Å². The maximum Gasteiger partial charge on any atom is 0.306 e. The minimum absolute atomic E-state index is 0.0986. The van der Waals surface area contributed by atoms with Crippen LogP contribution in [0.3, 0.4) is 0 Å². The lowest BCUT2D eigenvalue weighted by molar-refractivity contribution is -0.141. The van der Waals surface area contributed by atoms with Crippen LogP contribution in [0.4, 0.5) is 0 Å². The van der Waals surface area contributed by atoms with Gasteiger partial charge in [0.05, 0.1) is 5.92 Å². The number of carbonyl (C=O) groups is 1. The van der Waals surface area contributed by atoms with E-state index in [9.17, 15) is 4.79 Å². The summed E-state index contributed by atoms with van der Waals surface area (Å²) in [5.74, 6) is 0.423. The minimum Gasteiger partial charge on any atom is -0.481 e. The predicted octanol–water partition coefficient (Wildman–Crippen LogP) is 0.444. The molecule has 1 unspecified atom stereocenters. The minimum atomic E-state index is -0.633. The third-order valence-corrected chi connectivity index (χ3v) is 3.22. The maximum atomic E-state index is 10.6. The fourth-order valence-corrected chi connectivity index (χ4v) is 2.48. The number of fused-ring (bicyclic) bond motifs is 1. The van der Waals surface area contributed by atoms with E-state index in [1.165, 1.54) is 0 Å². The van der Waals surface area contributed by atoms with E-state index in [1.807, 2.05) is 0 Å². The summed E-state index contributed by atoms with van der Waals surface area (Å²) in [6.45, 7) is 0. The van der Waals surface area contributed by atoms with Crippen LogP contribution >= 0.6 is 0 Å². The van der Waals surface area contributed by atoms with E-state index in [2.05, 4.69) is 0 Å². The Bertz CT molecular complexity index is 193. The molecule has 3 heteroatoms. The molecule has 0 bridgehead atoms. The van der Waals surface area contributed by atoms with Gasteiger partial charge in [-0.2, -0.15) is 0 Å². The summed E-state index contributed by atoms with van der Waals surface area (Å²) in [7, 11) is 0. The zero-order valence-corrected chi connectivity index (χ0v) is 6.36. The molecular weight excluding hydrogens is 142 g/mol. The number of hydrogen-bond acceptors (Lipinski definition) is 2. The zero-order chi connectivity index (χ0) is 8.01. The molecule has 0 aromatic rings. The topological polar surface area (TPSA) is 63.3 Å². The van der Waals surface area contributed by atoms with Crippen molar-refractivity contribution in [3.63, 3.8) is 0 Å². The van der Waals surface area contributed by atoms with Gasteiger partial charge in [0, 0.05) is 6.04 Å². The molecule has 2 rings (SSSR count). The lowest BCUT2D eigenvalue weighted by Crippen LogP contribution is -2.44. The first kappa shape index (κ1) is 7.10. The highest BCUT2D eigenvalue weighted by Gasteiger charge is 2.47. The second-order valence-electron chi connectivity index (χ2n) is 3.83. The Labute approximate surface area is 65.6 Å². The van der Waals surface area contributed by atoms with Gasteiger partial charge in [0.25, 0.3) is 0 Å². The molecule has 0 spiro atoms. The van der Waals surface area contributed by atoms with Crippen molar-refractivity contribution in [2.75, 3.05) is 0 Å². The Kier molecular flexibility index (Phi) is 1.42. The van der Waals surface area contributed by atoms with Crippen LogP contribution in [0.2, 0.25) is 0 Å². The average molecular weight is 155 g/mol. The van der Waals surface area contributed by atoms with Crippen molar-refractivity contribution in [2.45, 2.75) is 25.3 Å². The molecule has 0 saturated heterocycles. The lowest BCUT2D eigenvalue weighted by atomic mass is 9.72. The molecule has 11 heavy (non-hydrogen) atoms. The monoisotopic (exact) mass is 155 g/mol. The van der Waals surface area contributed by atoms with Crippen molar-refractivity contribution in [1.29, 1.82) is 0 Å². The van der Waals surface area contributed by atoms with Crippen molar-refractivity contribution in [2.24, 2.45) is 23.5 Å². The third kappa shape index (κ3) is 0.948. The highest BCUT2D eigenvalue weighted by Crippen LogP contribution is 2.48. The Morgan fingerprint density at radius 2 is 2.09 bits per heavy atom. The number of aliphatic carboxylic acids is 1. The molecule has 62 valence electrons. The Morgan fingerprint density at radius 1 is 1.36 bits per heavy atom. The van der Waals surface area contributed by atoms with E-state index in [1.54, 1.807) is 0 Å². The highest BCUT2D eigenvalue weighted by atomic mass is 16.4.